The number of aliphatic hydroxyl groups is 1. The quantitative estimate of drug-likeness (QED) is 0.821. The van der Waals surface area contributed by atoms with Crippen molar-refractivity contribution in [3.63, 3.8) is 0 Å². The van der Waals surface area contributed by atoms with E-state index in [9.17, 15) is 4.39 Å². The fourth-order valence-electron chi connectivity index (χ4n) is 1.38. The number of rotatable bonds is 4. The number of nitrogens with zero attached hydrogens (tertiary/aromatic N) is 2. The van der Waals surface area contributed by atoms with E-state index >= 15 is 0 Å². The number of hydrogen-bond donors (Lipinski definition) is 2. The lowest BCUT2D eigenvalue weighted by atomic mass is 10.1. The lowest BCUT2D eigenvalue weighted by molar-refractivity contribution is 0.236. The average Bonchev–Trinajstić information content (AvgIpc) is 2.80. The van der Waals surface area contributed by atoms with Gasteiger partial charge in [-0.1, -0.05) is 23.4 Å². The zero-order valence-corrected chi connectivity index (χ0v) is 9.01. The van der Waals surface area contributed by atoms with E-state index in [4.69, 9.17) is 15.4 Å². The Morgan fingerprint density at radius 3 is 2.88 bits per heavy atom. The van der Waals surface area contributed by atoms with Gasteiger partial charge in [-0.05, 0) is 11.6 Å². The maximum absolute atomic E-state index is 13.4. The molecule has 1 aromatic heterocycles. The predicted molar refractivity (Wildman–Crippen MR) is 57.5 cm³/mol. The van der Waals surface area contributed by atoms with Crippen molar-refractivity contribution in [2.75, 3.05) is 6.61 Å². The van der Waals surface area contributed by atoms with Crippen LogP contribution in [-0.2, 0) is 6.42 Å². The monoisotopic (exact) mass is 237 g/mol. The van der Waals surface area contributed by atoms with E-state index in [-0.39, 0.29) is 24.7 Å². The zero-order chi connectivity index (χ0) is 12.3. The summed E-state index contributed by atoms with van der Waals surface area (Å²) in [7, 11) is 0. The van der Waals surface area contributed by atoms with Gasteiger partial charge in [-0.25, -0.2) is 4.39 Å². The topological polar surface area (TPSA) is 85.2 Å². The lowest BCUT2D eigenvalue weighted by Gasteiger charge is -1.99. The predicted octanol–water partition coefficient (Wildman–Crippen LogP) is 0.792. The third kappa shape index (κ3) is 2.66. The van der Waals surface area contributed by atoms with Crippen LogP contribution in [0.3, 0.4) is 0 Å². The molecule has 17 heavy (non-hydrogen) atoms. The highest BCUT2D eigenvalue weighted by Gasteiger charge is 2.14. The van der Waals surface area contributed by atoms with Crippen LogP contribution >= 0.6 is 0 Å². The Labute approximate surface area is 97.1 Å². The van der Waals surface area contributed by atoms with Gasteiger partial charge in [0.1, 0.15) is 11.9 Å². The molecule has 0 amide bonds. The molecule has 0 fully saturated rings. The van der Waals surface area contributed by atoms with Crippen LogP contribution in [0.25, 0.3) is 0 Å². The molecule has 5 nitrogen and oxygen atoms in total. The molecule has 1 aromatic carbocycles. The van der Waals surface area contributed by atoms with Gasteiger partial charge in [-0.2, -0.15) is 4.98 Å². The smallest absolute Gasteiger partial charge is 0.245 e. The summed E-state index contributed by atoms with van der Waals surface area (Å²) in [6.45, 7) is -0.276. The Morgan fingerprint density at radius 2 is 2.18 bits per heavy atom. The van der Waals surface area contributed by atoms with Crippen LogP contribution in [0.2, 0.25) is 0 Å². The second-order valence-corrected chi connectivity index (χ2v) is 3.61. The molecule has 0 spiro atoms. The van der Waals surface area contributed by atoms with Crippen molar-refractivity contribution in [1.82, 2.24) is 10.1 Å². The molecule has 0 radical (unpaired) electrons. The molecule has 0 aliphatic heterocycles. The van der Waals surface area contributed by atoms with Gasteiger partial charge in [-0.3, -0.25) is 0 Å². The summed E-state index contributed by atoms with van der Waals surface area (Å²) < 4.78 is 18.2. The van der Waals surface area contributed by atoms with Gasteiger partial charge in [0, 0.05) is 6.42 Å². The van der Waals surface area contributed by atoms with Crippen LogP contribution < -0.4 is 5.73 Å². The molecule has 1 atom stereocenters. The van der Waals surface area contributed by atoms with E-state index in [0.717, 1.165) is 0 Å². The summed E-state index contributed by atoms with van der Waals surface area (Å²) in [4.78, 5) is 3.99. The van der Waals surface area contributed by atoms with Gasteiger partial charge in [0.15, 0.2) is 5.82 Å². The molecule has 90 valence electrons. The summed E-state index contributed by atoms with van der Waals surface area (Å²) in [6, 6.07) is 5.67. The van der Waals surface area contributed by atoms with E-state index in [1.54, 1.807) is 18.2 Å². The molecule has 0 aliphatic carbocycles. The highest BCUT2D eigenvalue weighted by molar-refractivity contribution is 5.20. The maximum atomic E-state index is 13.4. The van der Waals surface area contributed by atoms with Gasteiger partial charge < -0.3 is 15.4 Å². The molecular weight excluding hydrogens is 225 g/mol. The first-order chi connectivity index (χ1) is 8.20. The van der Waals surface area contributed by atoms with Crippen LogP contribution in [0.4, 0.5) is 4.39 Å². The van der Waals surface area contributed by atoms with Gasteiger partial charge in [0.25, 0.3) is 0 Å². The van der Waals surface area contributed by atoms with Crippen molar-refractivity contribution >= 4 is 0 Å². The number of aliphatic hydroxyl groups excluding tert-OH is 1. The van der Waals surface area contributed by atoms with E-state index in [1.807, 2.05) is 0 Å². The highest BCUT2D eigenvalue weighted by atomic mass is 19.1. The summed E-state index contributed by atoms with van der Waals surface area (Å²) in [5, 5.41) is 12.5. The third-order valence-corrected chi connectivity index (χ3v) is 2.30. The Bertz CT molecular complexity index is 501. The normalized spacial score (nSPS) is 12.6. The summed E-state index contributed by atoms with van der Waals surface area (Å²) in [5.74, 6) is 0.179. The SMILES string of the molecule is N[C@H](CO)c1nc(Cc2ccccc2F)no1. The van der Waals surface area contributed by atoms with E-state index in [1.165, 1.54) is 6.07 Å². The minimum absolute atomic E-state index is 0.152. The van der Waals surface area contributed by atoms with E-state index in [2.05, 4.69) is 10.1 Å². The number of hydrogen-bond acceptors (Lipinski definition) is 5. The zero-order valence-electron chi connectivity index (χ0n) is 9.01. The van der Waals surface area contributed by atoms with Gasteiger partial charge in [0.05, 0.1) is 6.61 Å². The van der Waals surface area contributed by atoms with E-state index < -0.39 is 6.04 Å². The standard InChI is InChI=1S/C11H12FN3O2/c12-8-4-2-1-3-7(8)5-10-14-11(17-15-10)9(13)6-16/h1-4,9,16H,5-6,13H2/t9-/m1/s1. The molecule has 3 N–H and O–H groups in total. The minimum atomic E-state index is -0.697. The highest BCUT2D eigenvalue weighted by Crippen LogP contribution is 2.13. The number of halogens is 1. The van der Waals surface area contributed by atoms with Crippen LogP contribution in [-0.4, -0.2) is 21.9 Å². The third-order valence-electron chi connectivity index (χ3n) is 2.30. The summed E-state index contributed by atoms with van der Waals surface area (Å²) >= 11 is 0. The van der Waals surface area contributed by atoms with Crippen LogP contribution in [0.1, 0.15) is 23.3 Å². The molecule has 6 heteroatoms. The molecule has 0 bridgehead atoms. The first-order valence-electron chi connectivity index (χ1n) is 5.13. The van der Waals surface area contributed by atoms with Crippen molar-refractivity contribution < 1.29 is 14.0 Å². The van der Waals surface area contributed by atoms with Crippen molar-refractivity contribution in [3.8, 4) is 0 Å². The number of aromatic nitrogens is 2. The maximum Gasteiger partial charge on any atom is 0.245 e. The number of nitrogens with two attached hydrogens (primary N) is 1. The Balaban J connectivity index is 2.14. The fourth-order valence-corrected chi connectivity index (χ4v) is 1.38. The molecule has 2 rings (SSSR count). The second kappa shape index (κ2) is 5.03. The average molecular weight is 237 g/mol. The van der Waals surface area contributed by atoms with E-state index in [0.29, 0.717) is 11.4 Å². The second-order valence-electron chi connectivity index (χ2n) is 3.61. The van der Waals surface area contributed by atoms with Crippen LogP contribution in [0.5, 0.6) is 0 Å². The molecule has 2 aromatic rings. The first kappa shape index (κ1) is 11.7. The van der Waals surface area contributed by atoms with Gasteiger partial charge in [-0.15, -0.1) is 0 Å². The Kier molecular flexibility index (Phi) is 3.46. The van der Waals surface area contributed by atoms with Gasteiger partial charge >= 0.3 is 0 Å². The van der Waals surface area contributed by atoms with Crippen molar-refractivity contribution in [2.45, 2.75) is 12.5 Å². The first-order valence-corrected chi connectivity index (χ1v) is 5.13. The molecule has 0 saturated heterocycles. The molecular formula is C11H12FN3O2. The van der Waals surface area contributed by atoms with Crippen molar-refractivity contribution in [2.24, 2.45) is 5.73 Å². The Morgan fingerprint density at radius 1 is 1.41 bits per heavy atom. The molecule has 0 unspecified atom stereocenters. The Hall–Kier alpha value is -1.79. The largest absolute Gasteiger partial charge is 0.394 e. The number of benzene rings is 1. The minimum Gasteiger partial charge on any atom is -0.394 e. The lowest BCUT2D eigenvalue weighted by Crippen LogP contribution is -2.14. The molecule has 0 aliphatic rings. The summed E-state index contributed by atoms with van der Waals surface area (Å²) in [5.41, 5.74) is 5.99. The van der Waals surface area contributed by atoms with Crippen LogP contribution in [0.15, 0.2) is 28.8 Å². The fraction of sp³-hybridized carbons (Fsp3) is 0.273. The van der Waals surface area contributed by atoms with Crippen molar-refractivity contribution in [1.29, 1.82) is 0 Å². The molecule has 1 heterocycles. The van der Waals surface area contributed by atoms with Gasteiger partial charge in [0.2, 0.25) is 5.89 Å². The summed E-state index contributed by atoms with van der Waals surface area (Å²) in [6.07, 6.45) is 0.230. The van der Waals surface area contributed by atoms with Crippen molar-refractivity contribution in [3.05, 3.63) is 47.4 Å². The van der Waals surface area contributed by atoms with Crippen LogP contribution in [0, 0.1) is 5.82 Å². The molecule has 0 saturated carbocycles.